The number of quaternary nitrogens is 1. The van der Waals surface area contributed by atoms with Gasteiger partial charge in [0.1, 0.15) is 0 Å². The molecule has 3 nitrogen and oxygen atoms in total. The van der Waals surface area contributed by atoms with Gasteiger partial charge in [-0.2, -0.15) is 0 Å². The Kier molecular flexibility index (Phi) is 7.22. The van der Waals surface area contributed by atoms with Gasteiger partial charge in [-0.3, -0.25) is 0 Å². The Morgan fingerprint density at radius 3 is 2.33 bits per heavy atom. The summed E-state index contributed by atoms with van der Waals surface area (Å²) >= 11 is 5.68. The van der Waals surface area contributed by atoms with Crippen LogP contribution in [0.3, 0.4) is 0 Å². The van der Waals surface area contributed by atoms with Crippen LogP contribution in [0.25, 0.3) is 0 Å². The van der Waals surface area contributed by atoms with E-state index < -0.39 is 0 Å². The summed E-state index contributed by atoms with van der Waals surface area (Å²) in [6.07, 6.45) is 1.12. The minimum absolute atomic E-state index is 0.788. The zero-order valence-electron chi connectivity index (χ0n) is 14.9. The Hall–Kier alpha value is -1.91. The molecule has 0 saturated heterocycles. The number of anilines is 1. The molecule has 128 valence electrons. The molecule has 0 unspecified atom stereocenters. The topological polar surface area (TPSA) is 19.7 Å². The van der Waals surface area contributed by atoms with Gasteiger partial charge in [-0.15, -0.1) is 0 Å². The van der Waals surface area contributed by atoms with E-state index in [2.05, 4.69) is 79.8 Å². The highest BCUT2D eigenvalue weighted by molar-refractivity contribution is 7.80. The zero-order valence-corrected chi connectivity index (χ0v) is 15.7. The number of nitrogens with one attached hydrogen (secondary N) is 2. The molecule has 0 aliphatic carbocycles. The number of aryl methyl sites for hydroxylation is 1. The number of rotatable bonds is 7. The number of thiocarbonyl (C=S) groups is 1. The normalized spacial score (nSPS) is 10.7. The van der Waals surface area contributed by atoms with Crippen LogP contribution < -0.4 is 10.2 Å². The van der Waals surface area contributed by atoms with Crippen LogP contribution in [0.1, 0.15) is 17.5 Å². The molecule has 0 heterocycles. The van der Waals surface area contributed by atoms with E-state index in [1.54, 1.807) is 0 Å². The molecule has 0 fully saturated rings. The van der Waals surface area contributed by atoms with Gasteiger partial charge < -0.3 is 15.1 Å². The summed E-state index contributed by atoms with van der Waals surface area (Å²) < 4.78 is 0. The van der Waals surface area contributed by atoms with E-state index in [0.29, 0.717) is 0 Å². The molecular weight excluding hydrogens is 314 g/mol. The smallest absolute Gasteiger partial charge is 0.173 e. The first-order valence-corrected chi connectivity index (χ1v) is 8.91. The molecule has 0 atom stereocenters. The fraction of sp³-hybridized carbons (Fsp3) is 0.350. The number of nitrogens with zero attached hydrogens (tertiary/aromatic N) is 1. The Morgan fingerprint density at radius 1 is 1.04 bits per heavy atom. The Balaban J connectivity index is 2.02. The summed E-state index contributed by atoms with van der Waals surface area (Å²) in [5, 5.41) is 4.17. The molecule has 24 heavy (non-hydrogen) atoms. The first kappa shape index (κ1) is 18.4. The first-order chi connectivity index (χ1) is 11.5. The van der Waals surface area contributed by atoms with Crippen LogP contribution in [0, 0.1) is 6.92 Å². The Bertz CT molecular complexity index is 623. The van der Waals surface area contributed by atoms with Crippen molar-refractivity contribution in [2.24, 2.45) is 0 Å². The Morgan fingerprint density at radius 2 is 1.71 bits per heavy atom. The van der Waals surface area contributed by atoms with Gasteiger partial charge >= 0.3 is 0 Å². The van der Waals surface area contributed by atoms with Gasteiger partial charge in [0.05, 0.1) is 20.6 Å². The molecule has 0 aliphatic heterocycles. The summed E-state index contributed by atoms with van der Waals surface area (Å²) in [6.45, 7) is 5.02. The fourth-order valence-electron chi connectivity index (χ4n) is 2.52. The summed E-state index contributed by atoms with van der Waals surface area (Å²) in [5.74, 6) is 0. The minimum atomic E-state index is 0.788. The van der Waals surface area contributed by atoms with Crippen LogP contribution in [-0.4, -0.2) is 37.2 Å². The molecule has 4 heteroatoms. The highest BCUT2D eigenvalue weighted by Gasteiger charge is 2.11. The third-order valence-electron chi connectivity index (χ3n) is 3.91. The predicted octanol–water partition coefficient (Wildman–Crippen LogP) is 2.73. The number of hydrogen-bond acceptors (Lipinski definition) is 1. The molecule has 2 aromatic rings. The van der Waals surface area contributed by atoms with Gasteiger partial charge in [0, 0.05) is 25.2 Å². The van der Waals surface area contributed by atoms with Crippen molar-refractivity contribution in [1.29, 1.82) is 0 Å². The van der Waals surface area contributed by atoms with Crippen molar-refractivity contribution in [2.45, 2.75) is 19.9 Å². The van der Waals surface area contributed by atoms with Gasteiger partial charge in [-0.1, -0.05) is 48.0 Å². The van der Waals surface area contributed by atoms with E-state index in [-0.39, 0.29) is 0 Å². The third-order valence-corrected chi connectivity index (χ3v) is 4.27. The lowest BCUT2D eigenvalue weighted by Crippen LogP contribution is -3.05. The second-order valence-corrected chi connectivity index (χ2v) is 6.90. The summed E-state index contributed by atoms with van der Waals surface area (Å²) in [4.78, 5) is 3.72. The van der Waals surface area contributed by atoms with Gasteiger partial charge in [0.15, 0.2) is 5.11 Å². The quantitative estimate of drug-likeness (QED) is 0.755. The van der Waals surface area contributed by atoms with E-state index >= 15 is 0 Å². The van der Waals surface area contributed by atoms with E-state index in [1.165, 1.54) is 16.0 Å². The van der Waals surface area contributed by atoms with Crippen molar-refractivity contribution in [1.82, 2.24) is 4.90 Å². The Labute approximate surface area is 151 Å². The van der Waals surface area contributed by atoms with Crippen molar-refractivity contribution in [3.63, 3.8) is 0 Å². The lowest BCUT2D eigenvalue weighted by atomic mass is 10.2. The van der Waals surface area contributed by atoms with Gasteiger partial charge in [-0.05, 0) is 36.8 Å². The van der Waals surface area contributed by atoms with Crippen LogP contribution in [0.4, 0.5) is 5.69 Å². The zero-order chi connectivity index (χ0) is 17.4. The third kappa shape index (κ3) is 6.30. The summed E-state index contributed by atoms with van der Waals surface area (Å²) in [5.41, 5.74) is 3.58. The average Bonchev–Trinajstić information content (AvgIpc) is 2.56. The van der Waals surface area contributed by atoms with Gasteiger partial charge in [0.2, 0.25) is 0 Å². The molecule has 2 rings (SSSR count). The number of hydrogen-bond donors (Lipinski definition) is 2. The largest absolute Gasteiger partial charge is 0.344 e. The fourth-order valence-corrected chi connectivity index (χ4v) is 2.79. The van der Waals surface area contributed by atoms with Gasteiger partial charge in [0.25, 0.3) is 0 Å². The first-order valence-electron chi connectivity index (χ1n) is 8.50. The van der Waals surface area contributed by atoms with E-state index in [1.807, 2.05) is 6.07 Å². The molecule has 0 bridgehead atoms. The maximum atomic E-state index is 5.68. The van der Waals surface area contributed by atoms with Crippen LogP contribution in [-0.2, 0) is 6.54 Å². The minimum Gasteiger partial charge on any atom is -0.344 e. The van der Waals surface area contributed by atoms with E-state index in [9.17, 15) is 0 Å². The monoisotopic (exact) mass is 342 g/mol. The van der Waals surface area contributed by atoms with E-state index in [4.69, 9.17) is 12.2 Å². The molecular formula is C20H28N3S+. The standard InChI is InChI=1S/C20H27N3S/c1-17-10-12-19(13-11-17)21-20(24)23(15-7-14-22(2)3)16-18-8-5-4-6-9-18/h4-6,8-13H,7,14-16H2,1-3H3,(H,21,24)/p+1. The molecule has 0 spiro atoms. The maximum absolute atomic E-state index is 5.68. The van der Waals surface area contributed by atoms with Crippen molar-refractivity contribution in [3.05, 3.63) is 65.7 Å². The molecule has 0 amide bonds. The molecule has 2 aromatic carbocycles. The van der Waals surface area contributed by atoms with Crippen LogP contribution in [0.15, 0.2) is 54.6 Å². The average molecular weight is 343 g/mol. The highest BCUT2D eigenvalue weighted by atomic mass is 32.1. The van der Waals surface area contributed by atoms with E-state index in [0.717, 1.165) is 36.9 Å². The summed E-state index contributed by atoms with van der Waals surface area (Å²) in [7, 11) is 4.37. The van der Waals surface area contributed by atoms with Crippen LogP contribution in [0.2, 0.25) is 0 Å². The van der Waals surface area contributed by atoms with Crippen molar-refractivity contribution >= 4 is 23.0 Å². The predicted molar refractivity (Wildman–Crippen MR) is 107 cm³/mol. The van der Waals surface area contributed by atoms with Crippen molar-refractivity contribution in [3.8, 4) is 0 Å². The van der Waals surface area contributed by atoms with Crippen molar-refractivity contribution in [2.75, 3.05) is 32.5 Å². The van der Waals surface area contributed by atoms with Crippen LogP contribution >= 0.6 is 12.2 Å². The van der Waals surface area contributed by atoms with Gasteiger partial charge in [-0.25, -0.2) is 0 Å². The number of benzene rings is 2. The second kappa shape index (κ2) is 9.40. The lowest BCUT2D eigenvalue weighted by Gasteiger charge is -2.26. The molecule has 0 aliphatic rings. The lowest BCUT2D eigenvalue weighted by molar-refractivity contribution is -0.858. The molecule has 2 N–H and O–H groups in total. The van der Waals surface area contributed by atoms with Crippen molar-refractivity contribution < 1.29 is 4.90 Å². The second-order valence-electron chi connectivity index (χ2n) is 6.51. The van der Waals surface area contributed by atoms with Crippen LogP contribution in [0.5, 0.6) is 0 Å². The summed E-state index contributed by atoms with van der Waals surface area (Å²) in [6, 6.07) is 18.9. The maximum Gasteiger partial charge on any atom is 0.173 e. The highest BCUT2D eigenvalue weighted by Crippen LogP contribution is 2.12. The molecule has 0 aromatic heterocycles. The molecule has 0 saturated carbocycles. The SMILES string of the molecule is Cc1ccc(NC(=S)N(CCC[NH+](C)C)Cc2ccccc2)cc1. The molecule has 0 radical (unpaired) electrons.